The number of unbranched alkanes of at least 4 members (excludes halogenated alkanes) is 1. The second-order valence-electron chi connectivity index (χ2n) is 9.52. The van der Waals surface area contributed by atoms with Gasteiger partial charge in [0, 0.05) is 36.6 Å². The highest BCUT2D eigenvalue weighted by molar-refractivity contribution is 7.14. The minimum Gasteiger partial charge on any atom is -0.494 e. The molecule has 2 heterocycles. The number of nitrogens with zero attached hydrogens (tertiary/aromatic N) is 3. The molecule has 1 saturated heterocycles. The number of aromatic nitrogens is 1. The van der Waals surface area contributed by atoms with Gasteiger partial charge in [-0.05, 0) is 101 Å². The average Bonchev–Trinajstić information content (AvgIpc) is 3.40. The van der Waals surface area contributed by atoms with Gasteiger partial charge < -0.3 is 15.0 Å². The first-order valence-corrected chi connectivity index (χ1v) is 15.0. The molecule has 5 nitrogen and oxygen atoms in total. The maximum Gasteiger partial charge on any atom is 0.185 e. The molecular formula is C29H38Cl2N4OS. The molecule has 0 spiro atoms. The normalized spacial score (nSPS) is 14.7. The Bertz CT molecular complexity index is 1100. The molecule has 0 aliphatic carbocycles. The Morgan fingerprint density at radius 2 is 1.78 bits per heavy atom. The molecule has 2 aromatic carbocycles. The van der Waals surface area contributed by atoms with Gasteiger partial charge in [0.15, 0.2) is 5.13 Å². The lowest BCUT2D eigenvalue weighted by Crippen LogP contribution is -2.42. The zero-order valence-electron chi connectivity index (χ0n) is 21.9. The first kappa shape index (κ1) is 28.2. The summed E-state index contributed by atoms with van der Waals surface area (Å²) in [5.41, 5.74) is 3.39. The molecule has 0 saturated carbocycles. The molecule has 1 aliphatic rings. The number of hydrogen-bond acceptors (Lipinski definition) is 6. The van der Waals surface area contributed by atoms with E-state index in [-0.39, 0.29) is 0 Å². The quantitative estimate of drug-likeness (QED) is 0.221. The standard InChI is InChI=1S/C29H38Cl2N4OS/c1-3-35(4-2)29-33-28(21-37-29)23-8-10-25(11-9-23)36-18-6-5-15-32-24-13-16-34(17-14-24)20-22-7-12-26(30)27(31)19-22/h7-12,19,21,24,32H,3-6,13-18,20H2,1-2H3. The summed E-state index contributed by atoms with van der Waals surface area (Å²) in [5, 5.41) is 8.21. The fraction of sp³-hybridized carbons (Fsp3) is 0.483. The minimum absolute atomic E-state index is 0.603. The molecular weight excluding hydrogens is 523 g/mol. The summed E-state index contributed by atoms with van der Waals surface area (Å²) < 4.78 is 5.98. The Morgan fingerprint density at radius 1 is 1.03 bits per heavy atom. The Hall–Kier alpha value is -1.83. The number of likely N-dealkylation sites (tertiary alicyclic amines) is 1. The van der Waals surface area contributed by atoms with Crippen LogP contribution in [0.4, 0.5) is 5.13 Å². The molecule has 1 fully saturated rings. The molecule has 1 aromatic heterocycles. The maximum absolute atomic E-state index is 6.16. The van der Waals surface area contributed by atoms with Gasteiger partial charge in [-0.1, -0.05) is 29.3 Å². The van der Waals surface area contributed by atoms with E-state index in [4.69, 9.17) is 32.9 Å². The number of benzene rings is 2. The average molecular weight is 562 g/mol. The van der Waals surface area contributed by atoms with Crippen molar-refractivity contribution in [3.63, 3.8) is 0 Å². The van der Waals surface area contributed by atoms with E-state index in [1.807, 2.05) is 12.1 Å². The molecule has 1 aliphatic heterocycles. The minimum atomic E-state index is 0.603. The summed E-state index contributed by atoms with van der Waals surface area (Å²) in [7, 11) is 0. The van der Waals surface area contributed by atoms with Gasteiger partial charge in [0.1, 0.15) is 5.75 Å². The van der Waals surface area contributed by atoms with Crippen LogP contribution >= 0.6 is 34.5 Å². The van der Waals surface area contributed by atoms with Gasteiger partial charge in [0.25, 0.3) is 0 Å². The van der Waals surface area contributed by atoms with Crippen molar-refractivity contribution in [3.8, 4) is 17.0 Å². The number of piperidine rings is 1. The number of ether oxygens (including phenoxy) is 1. The molecule has 37 heavy (non-hydrogen) atoms. The van der Waals surface area contributed by atoms with Crippen LogP contribution in [-0.4, -0.2) is 55.3 Å². The Labute approximate surface area is 235 Å². The fourth-order valence-corrected chi connectivity index (χ4v) is 5.96. The van der Waals surface area contributed by atoms with Gasteiger partial charge in [0.05, 0.1) is 22.3 Å². The van der Waals surface area contributed by atoms with Crippen molar-refractivity contribution in [1.29, 1.82) is 0 Å². The van der Waals surface area contributed by atoms with Crippen LogP contribution < -0.4 is 15.0 Å². The van der Waals surface area contributed by atoms with Gasteiger partial charge in [-0.15, -0.1) is 11.3 Å². The lowest BCUT2D eigenvalue weighted by atomic mass is 10.0. The first-order chi connectivity index (χ1) is 18.1. The summed E-state index contributed by atoms with van der Waals surface area (Å²) in [6.45, 7) is 11.2. The van der Waals surface area contributed by atoms with Gasteiger partial charge in [-0.25, -0.2) is 4.98 Å². The number of nitrogens with one attached hydrogen (secondary N) is 1. The number of halogens is 2. The molecule has 0 bridgehead atoms. The second kappa shape index (κ2) is 14.4. The largest absolute Gasteiger partial charge is 0.494 e. The maximum atomic E-state index is 6.16. The molecule has 200 valence electrons. The summed E-state index contributed by atoms with van der Waals surface area (Å²) in [6.07, 6.45) is 4.53. The monoisotopic (exact) mass is 560 g/mol. The number of hydrogen-bond donors (Lipinski definition) is 1. The van der Waals surface area contributed by atoms with E-state index >= 15 is 0 Å². The third-order valence-electron chi connectivity index (χ3n) is 6.93. The van der Waals surface area contributed by atoms with Gasteiger partial charge in [0.2, 0.25) is 0 Å². The molecule has 0 amide bonds. The predicted molar refractivity (Wildman–Crippen MR) is 159 cm³/mol. The molecule has 4 rings (SSSR count). The predicted octanol–water partition coefficient (Wildman–Crippen LogP) is 7.38. The third kappa shape index (κ3) is 8.33. The van der Waals surface area contributed by atoms with Crippen molar-refractivity contribution in [1.82, 2.24) is 15.2 Å². The highest BCUT2D eigenvalue weighted by Crippen LogP contribution is 2.28. The summed E-state index contributed by atoms with van der Waals surface area (Å²) in [6, 6.07) is 14.8. The topological polar surface area (TPSA) is 40.6 Å². The fourth-order valence-electron chi connectivity index (χ4n) is 4.67. The summed E-state index contributed by atoms with van der Waals surface area (Å²) in [5.74, 6) is 0.922. The van der Waals surface area contributed by atoms with Crippen molar-refractivity contribution in [2.75, 3.05) is 44.2 Å². The van der Waals surface area contributed by atoms with E-state index in [1.165, 1.54) is 18.4 Å². The van der Waals surface area contributed by atoms with Crippen LogP contribution in [0.15, 0.2) is 47.8 Å². The molecule has 0 unspecified atom stereocenters. The smallest absolute Gasteiger partial charge is 0.185 e. The van der Waals surface area contributed by atoms with E-state index in [0.29, 0.717) is 16.1 Å². The van der Waals surface area contributed by atoms with E-state index in [2.05, 4.69) is 64.7 Å². The molecule has 3 aromatic rings. The SMILES string of the molecule is CCN(CC)c1nc(-c2ccc(OCCCCNC3CCN(Cc4ccc(Cl)c(Cl)c4)CC3)cc2)cs1. The van der Waals surface area contributed by atoms with Gasteiger partial charge in [-0.3, -0.25) is 4.90 Å². The number of anilines is 1. The highest BCUT2D eigenvalue weighted by atomic mass is 35.5. The van der Waals surface area contributed by atoms with Crippen LogP contribution in [-0.2, 0) is 6.54 Å². The van der Waals surface area contributed by atoms with E-state index < -0.39 is 0 Å². The molecule has 1 N–H and O–H groups in total. The number of thiazole rings is 1. The molecule has 8 heteroatoms. The Morgan fingerprint density at radius 3 is 2.49 bits per heavy atom. The van der Waals surface area contributed by atoms with Crippen LogP contribution in [0.3, 0.4) is 0 Å². The number of rotatable bonds is 13. The van der Waals surface area contributed by atoms with Gasteiger partial charge in [-0.2, -0.15) is 0 Å². The summed E-state index contributed by atoms with van der Waals surface area (Å²) >= 11 is 13.9. The zero-order chi connectivity index (χ0) is 26.0. The third-order valence-corrected chi connectivity index (χ3v) is 8.57. The van der Waals surface area contributed by atoms with Crippen molar-refractivity contribution in [2.45, 2.75) is 52.1 Å². The Kier molecular flexibility index (Phi) is 10.9. The zero-order valence-corrected chi connectivity index (χ0v) is 24.2. The lowest BCUT2D eigenvalue weighted by Gasteiger charge is -2.32. The van der Waals surface area contributed by atoms with Crippen LogP contribution in [0.5, 0.6) is 5.75 Å². The highest BCUT2D eigenvalue weighted by Gasteiger charge is 2.19. The van der Waals surface area contributed by atoms with Crippen molar-refractivity contribution in [3.05, 3.63) is 63.5 Å². The van der Waals surface area contributed by atoms with Crippen molar-refractivity contribution < 1.29 is 4.74 Å². The van der Waals surface area contributed by atoms with Crippen LogP contribution in [0, 0.1) is 0 Å². The van der Waals surface area contributed by atoms with E-state index in [1.54, 1.807) is 11.3 Å². The van der Waals surface area contributed by atoms with Crippen LogP contribution in [0.2, 0.25) is 10.0 Å². The molecule has 0 radical (unpaired) electrons. The van der Waals surface area contributed by atoms with Crippen molar-refractivity contribution >= 4 is 39.7 Å². The summed E-state index contributed by atoms with van der Waals surface area (Å²) in [4.78, 5) is 9.58. The lowest BCUT2D eigenvalue weighted by molar-refractivity contribution is 0.190. The van der Waals surface area contributed by atoms with E-state index in [9.17, 15) is 0 Å². The first-order valence-electron chi connectivity index (χ1n) is 13.4. The van der Waals surface area contributed by atoms with Crippen LogP contribution in [0.25, 0.3) is 11.3 Å². The van der Waals surface area contributed by atoms with Gasteiger partial charge >= 0.3 is 0 Å². The van der Waals surface area contributed by atoms with Crippen LogP contribution in [0.1, 0.15) is 45.1 Å². The Balaban J connectivity index is 1.08. The second-order valence-corrected chi connectivity index (χ2v) is 11.2. The van der Waals surface area contributed by atoms with Crippen molar-refractivity contribution in [2.24, 2.45) is 0 Å². The van der Waals surface area contributed by atoms with E-state index in [0.717, 1.165) is 80.9 Å². The molecule has 0 atom stereocenters.